The summed E-state index contributed by atoms with van der Waals surface area (Å²) in [5.74, 6) is 5.19. The molecule has 0 aromatic heterocycles. The molecule has 0 unspecified atom stereocenters. The summed E-state index contributed by atoms with van der Waals surface area (Å²) in [5.41, 5.74) is 1.18. The molecule has 0 spiro atoms. The van der Waals surface area contributed by atoms with Gasteiger partial charge in [-0.2, -0.15) is 0 Å². The minimum Gasteiger partial charge on any atom is -0.385 e. The van der Waals surface area contributed by atoms with Crippen molar-refractivity contribution in [3.63, 3.8) is 0 Å². The summed E-state index contributed by atoms with van der Waals surface area (Å²) in [6, 6.07) is 5.02. The number of benzene rings is 1. The molecule has 0 saturated carbocycles. The highest BCUT2D eigenvalue weighted by atomic mass is 35.5. The summed E-state index contributed by atoms with van der Waals surface area (Å²) in [7, 11) is 1.59. The first-order valence-corrected chi connectivity index (χ1v) is 6.23. The highest BCUT2D eigenvalue weighted by molar-refractivity contribution is 6.31. The third kappa shape index (κ3) is 5.75. The molecule has 0 aliphatic rings. The van der Waals surface area contributed by atoms with Crippen molar-refractivity contribution in [1.82, 2.24) is 0 Å². The SMILES string of the molecule is COCCCC(=O)Nc1cc(Cl)ccc1C#CCO. The third-order valence-corrected chi connectivity index (χ3v) is 2.55. The summed E-state index contributed by atoms with van der Waals surface area (Å²) in [6.07, 6.45) is 1.02. The fraction of sp³-hybridized carbons (Fsp3) is 0.357. The number of halogens is 1. The van der Waals surface area contributed by atoms with Crippen LogP contribution in [0.4, 0.5) is 5.69 Å². The first-order chi connectivity index (χ1) is 9.17. The molecule has 0 fully saturated rings. The molecule has 1 rings (SSSR count). The Morgan fingerprint density at radius 3 is 3.00 bits per heavy atom. The van der Waals surface area contributed by atoms with Gasteiger partial charge in [0.25, 0.3) is 0 Å². The van der Waals surface area contributed by atoms with Crippen molar-refractivity contribution in [2.45, 2.75) is 12.8 Å². The van der Waals surface area contributed by atoms with Gasteiger partial charge in [-0.3, -0.25) is 4.79 Å². The lowest BCUT2D eigenvalue weighted by Gasteiger charge is -2.08. The highest BCUT2D eigenvalue weighted by Gasteiger charge is 2.06. The van der Waals surface area contributed by atoms with Crippen molar-refractivity contribution in [1.29, 1.82) is 0 Å². The predicted octanol–water partition coefficient (Wildman–Crippen LogP) is 2.05. The number of rotatable bonds is 5. The van der Waals surface area contributed by atoms with Gasteiger partial charge in [0, 0.05) is 30.7 Å². The van der Waals surface area contributed by atoms with Crippen molar-refractivity contribution >= 4 is 23.2 Å². The monoisotopic (exact) mass is 281 g/mol. The number of anilines is 1. The largest absolute Gasteiger partial charge is 0.385 e. The lowest BCUT2D eigenvalue weighted by molar-refractivity contribution is -0.116. The summed E-state index contributed by atoms with van der Waals surface area (Å²) in [6.45, 7) is 0.310. The Labute approximate surface area is 117 Å². The zero-order chi connectivity index (χ0) is 14.1. The van der Waals surface area contributed by atoms with Crippen LogP contribution >= 0.6 is 11.6 Å². The highest BCUT2D eigenvalue weighted by Crippen LogP contribution is 2.20. The van der Waals surface area contributed by atoms with Gasteiger partial charge in [-0.05, 0) is 24.6 Å². The molecule has 0 saturated heterocycles. The van der Waals surface area contributed by atoms with E-state index in [4.69, 9.17) is 21.4 Å². The van der Waals surface area contributed by atoms with Crippen LogP contribution in [0.15, 0.2) is 18.2 Å². The number of hydrogen-bond acceptors (Lipinski definition) is 3. The third-order valence-electron chi connectivity index (χ3n) is 2.31. The van der Waals surface area contributed by atoms with Crippen LogP contribution in [0.2, 0.25) is 5.02 Å². The van der Waals surface area contributed by atoms with Crippen LogP contribution in [0, 0.1) is 11.8 Å². The van der Waals surface area contributed by atoms with E-state index in [9.17, 15) is 4.79 Å². The van der Waals surface area contributed by atoms with E-state index in [0.717, 1.165) is 0 Å². The molecule has 1 amide bonds. The minimum absolute atomic E-state index is 0.119. The Kier molecular flexibility index (Phi) is 6.98. The summed E-state index contributed by atoms with van der Waals surface area (Å²) in [5, 5.41) is 12.0. The fourth-order valence-corrected chi connectivity index (χ4v) is 1.63. The van der Waals surface area contributed by atoms with E-state index in [-0.39, 0.29) is 12.5 Å². The average molecular weight is 282 g/mol. The molecule has 0 atom stereocenters. The second-order valence-electron chi connectivity index (χ2n) is 3.79. The number of nitrogens with one attached hydrogen (secondary N) is 1. The molecular weight excluding hydrogens is 266 g/mol. The fourth-order valence-electron chi connectivity index (χ4n) is 1.45. The average Bonchev–Trinajstić information content (AvgIpc) is 2.38. The van der Waals surface area contributed by atoms with Gasteiger partial charge >= 0.3 is 0 Å². The summed E-state index contributed by atoms with van der Waals surface area (Å²) < 4.78 is 4.89. The summed E-state index contributed by atoms with van der Waals surface area (Å²) in [4.78, 5) is 11.7. The maximum atomic E-state index is 11.7. The smallest absolute Gasteiger partial charge is 0.224 e. The zero-order valence-electron chi connectivity index (χ0n) is 10.7. The zero-order valence-corrected chi connectivity index (χ0v) is 11.5. The maximum Gasteiger partial charge on any atom is 0.224 e. The Hall–Kier alpha value is -1.54. The molecule has 102 valence electrons. The normalized spacial score (nSPS) is 9.63. The van der Waals surface area contributed by atoms with Crippen LogP contribution in [0.3, 0.4) is 0 Å². The molecule has 0 aliphatic heterocycles. The van der Waals surface area contributed by atoms with E-state index >= 15 is 0 Å². The van der Waals surface area contributed by atoms with Crippen LogP contribution in [0.25, 0.3) is 0 Å². The van der Waals surface area contributed by atoms with Crippen molar-refractivity contribution < 1.29 is 14.6 Å². The van der Waals surface area contributed by atoms with E-state index in [2.05, 4.69) is 17.2 Å². The first kappa shape index (κ1) is 15.5. The molecular formula is C14H16ClNO3. The Morgan fingerprint density at radius 1 is 1.53 bits per heavy atom. The number of carbonyl (C=O) groups is 1. The van der Waals surface area contributed by atoms with E-state index in [1.165, 1.54) is 0 Å². The number of amides is 1. The van der Waals surface area contributed by atoms with Crippen molar-refractivity contribution in [2.75, 3.05) is 25.6 Å². The van der Waals surface area contributed by atoms with Crippen LogP contribution in [-0.4, -0.2) is 31.3 Å². The van der Waals surface area contributed by atoms with E-state index in [1.54, 1.807) is 25.3 Å². The topological polar surface area (TPSA) is 58.6 Å². The molecule has 0 heterocycles. The van der Waals surface area contributed by atoms with Gasteiger partial charge in [-0.15, -0.1) is 0 Å². The van der Waals surface area contributed by atoms with Gasteiger partial charge in [0.2, 0.25) is 5.91 Å². The van der Waals surface area contributed by atoms with Crippen LogP contribution in [0.5, 0.6) is 0 Å². The molecule has 0 radical (unpaired) electrons. The van der Waals surface area contributed by atoms with Gasteiger partial charge in [0.05, 0.1) is 5.69 Å². The first-order valence-electron chi connectivity index (χ1n) is 5.85. The maximum absolute atomic E-state index is 11.7. The minimum atomic E-state index is -0.232. The van der Waals surface area contributed by atoms with E-state index in [0.29, 0.717) is 35.7 Å². The second-order valence-corrected chi connectivity index (χ2v) is 4.23. The lowest BCUT2D eigenvalue weighted by Crippen LogP contribution is -2.13. The molecule has 4 nitrogen and oxygen atoms in total. The van der Waals surface area contributed by atoms with Crippen LogP contribution < -0.4 is 5.32 Å². The van der Waals surface area contributed by atoms with Gasteiger partial charge in [0.15, 0.2) is 0 Å². The number of methoxy groups -OCH3 is 1. The van der Waals surface area contributed by atoms with E-state index in [1.807, 2.05) is 0 Å². The molecule has 1 aromatic carbocycles. The van der Waals surface area contributed by atoms with Gasteiger partial charge in [-0.25, -0.2) is 0 Å². The number of ether oxygens (including phenoxy) is 1. The molecule has 0 aliphatic carbocycles. The Morgan fingerprint density at radius 2 is 2.32 bits per heavy atom. The molecule has 2 N–H and O–H groups in total. The number of aliphatic hydroxyl groups excluding tert-OH is 1. The predicted molar refractivity (Wildman–Crippen MR) is 75.2 cm³/mol. The number of carbonyl (C=O) groups excluding carboxylic acids is 1. The standard InChI is InChI=1S/C14H16ClNO3/c1-19-9-3-5-14(18)16-13-10-12(15)7-6-11(13)4-2-8-17/h6-7,10,17H,3,5,8-9H2,1H3,(H,16,18). The number of aliphatic hydroxyl groups is 1. The van der Waals surface area contributed by atoms with E-state index < -0.39 is 0 Å². The van der Waals surface area contributed by atoms with Crippen LogP contribution in [-0.2, 0) is 9.53 Å². The second kappa shape index (κ2) is 8.54. The van der Waals surface area contributed by atoms with Crippen molar-refractivity contribution in [2.24, 2.45) is 0 Å². The van der Waals surface area contributed by atoms with Gasteiger partial charge < -0.3 is 15.2 Å². The van der Waals surface area contributed by atoms with Gasteiger partial charge in [0.1, 0.15) is 6.61 Å². The molecule has 5 heteroatoms. The molecule has 19 heavy (non-hydrogen) atoms. The Balaban J connectivity index is 2.75. The van der Waals surface area contributed by atoms with Crippen molar-refractivity contribution in [3.8, 4) is 11.8 Å². The number of hydrogen-bond donors (Lipinski definition) is 2. The van der Waals surface area contributed by atoms with Gasteiger partial charge in [-0.1, -0.05) is 23.4 Å². The lowest BCUT2D eigenvalue weighted by atomic mass is 10.1. The van der Waals surface area contributed by atoms with Crippen LogP contribution in [0.1, 0.15) is 18.4 Å². The van der Waals surface area contributed by atoms with Crippen molar-refractivity contribution in [3.05, 3.63) is 28.8 Å². The molecule has 0 bridgehead atoms. The quantitative estimate of drug-likeness (QED) is 0.641. The molecule has 1 aromatic rings. The summed E-state index contributed by atoms with van der Waals surface area (Å²) >= 11 is 5.89. The Bertz CT molecular complexity index is 491.